The summed E-state index contributed by atoms with van der Waals surface area (Å²) in [5, 5.41) is 6.61. The van der Waals surface area contributed by atoms with Crippen molar-refractivity contribution in [3.8, 4) is 11.1 Å². The van der Waals surface area contributed by atoms with Crippen molar-refractivity contribution < 1.29 is 49.0 Å². The second-order valence-electron chi connectivity index (χ2n) is 9.20. The topological polar surface area (TPSA) is 0 Å². The van der Waals surface area contributed by atoms with Crippen molar-refractivity contribution in [1.82, 2.24) is 0 Å². The molecule has 0 radical (unpaired) electrons. The standard InChI is InChI=1S/C13H9.C13H10.C11H7Cl2.2ClH.Zr/c1-3-7-12-10(5-1)9-11-6-2-4-8-13(11)12;1-3-7-12(8-4-1)11-13-9-5-2-6-10-13;12-10-7-3-6-9(11(10)13)8-4-1-2-5-8;;;/h1-9H;1-10H;1-7H;2*1H;/q-1;;-1;;;+2/p-2. The summed E-state index contributed by atoms with van der Waals surface area (Å²) in [6.07, 6.45) is 0. The van der Waals surface area contributed by atoms with Gasteiger partial charge in [-0.1, -0.05) is 77.3 Å². The van der Waals surface area contributed by atoms with Crippen LogP contribution in [0.15, 0.2) is 158 Å². The summed E-state index contributed by atoms with van der Waals surface area (Å²) < 4.78 is 1.42. The second-order valence-corrected chi connectivity index (χ2v) is 11.2. The second kappa shape index (κ2) is 16.8. The molecule has 0 heterocycles. The summed E-state index contributed by atoms with van der Waals surface area (Å²) in [7, 11) is 0. The molecule has 7 aromatic carbocycles. The molecule has 0 aliphatic heterocycles. The molecule has 0 bridgehead atoms. The number of hydrogen-bond donors (Lipinski definition) is 0. The maximum Gasteiger partial charge on any atom is -0.0771 e. The van der Waals surface area contributed by atoms with Gasteiger partial charge in [-0.05, 0) is 6.07 Å². The van der Waals surface area contributed by atoms with Crippen LogP contribution in [0.4, 0.5) is 0 Å². The first-order chi connectivity index (χ1) is 19.6. The fourth-order valence-electron chi connectivity index (χ4n) is 4.56. The first kappa shape index (κ1) is 33.7. The summed E-state index contributed by atoms with van der Waals surface area (Å²) in [4.78, 5) is 0. The van der Waals surface area contributed by atoms with Crippen LogP contribution >= 0.6 is 23.2 Å². The fourth-order valence-corrected chi connectivity index (χ4v) is 5.79. The van der Waals surface area contributed by atoms with Crippen molar-refractivity contribution >= 4 is 48.0 Å². The Morgan fingerprint density at radius 1 is 0.524 bits per heavy atom. The summed E-state index contributed by atoms with van der Waals surface area (Å²) >= 11 is 13.4. The van der Waals surface area contributed by atoms with Crippen LogP contribution in [0.1, 0.15) is 11.1 Å². The van der Waals surface area contributed by atoms with Gasteiger partial charge in [0.1, 0.15) is 0 Å². The van der Waals surface area contributed by atoms with Gasteiger partial charge in [0.25, 0.3) is 0 Å². The third-order valence-corrected chi connectivity index (χ3v) is 8.81. The third-order valence-electron chi connectivity index (χ3n) is 6.57. The van der Waals surface area contributed by atoms with Crippen LogP contribution in [-0.4, -0.2) is 3.21 Å². The van der Waals surface area contributed by atoms with Gasteiger partial charge in [-0.2, -0.15) is 18.2 Å². The van der Waals surface area contributed by atoms with E-state index < -0.39 is 0 Å². The monoisotopic (exact) mass is 700 g/mol. The minimum Gasteiger partial charge on any atom is -0.126 e. The molecule has 0 amide bonds. The quantitative estimate of drug-likeness (QED) is 0.230. The minimum atomic E-state index is 0. The first-order valence-corrected chi connectivity index (χ1v) is 15.0. The van der Waals surface area contributed by atoms with Crippen molar-refractivity contribution in [2.75, 3.05) is 0 Å². The smallest absolute Gasteiger partial charge is 0.0771 e. The largest absolute Gasteiger partial charge is 0.126 e. The zero-order valence-electron chi connectivity index (χ0n) is 22.5. The van der Waals surface area contributed by atoms with Crippen LogP contribution < -0.4 is 24.8 Å². The van der Waals surface area contributed by atoms with E-state index in [4.69, 9.17) is 23.2 Å². The maximum atomic E-state index is 6.05. The molecular weight excluding hydrogens is 677 g/mol. The van der Waals surface area contributed by atoms with Crippen molar-refractivity contribution in [3.63, 3.8) is 0 Å². The molecule has 42 heavy (non-hydrogen) atoms. The SMILES string of the molecule is Clc1cccc(-c2ccc[cH-]2)c1Cl.[Cl-].[Cl-].[Zr+2]=[C](c1ccccc1)c1ccccc1.c1ccc2c(c1)[cH-]c1ccccc12. The van der Waals surface area contributed by atoms with Crippen LogP contribution in [0.25, 0.3) is 32.7 Å². The average Bonchev–Trinajstić information content (AvgIpc) is 3.68. The summed E-state index contributed by atoms with van der Waals surface area (Å²) in [5.41, 5.74) is 4.75. The Bertz CT molecular complexity index is 1730. The molecule has 7 rings (SSSR count). The van der Waals surface area contributed by atoms with E-state index in [1.54, 1.807) is 6.07 Å². The zero-order chi connectivity index (χ0) is 27.7. The van der Waals surface area contributed by atoms with E-state index in [0.29, 0.717) is 10.0 Å². The average molecular weight is 704 g/mol. The first-order valence-electron chi connectivity index (χ1n) is 13.0. The van der Waals surface area contributed by atoms with E-state index in [1.807, 2.05) is 36.4 Å². The molecule has 0 aromatic heterocycles. The molecule has 0 atom stereocenters. The molecule has 208 valence electrons. The van der Waals surface area contributed by atoms with Crippen LogP contribution in [0.3, 0.4) is 0 Å². The Kier molecular flexibility index (Phi) is 13.5. The fraction of sp³-hybridized carbons (Fsp3) is 0. The molecule has 0 fully saturated rings. The van der Waals surface area contributed by atoms with Crippen LogP contribution in [0.2, 0.25) is 10.0 Å². The van der Waals surface area contributed by atoms with Gasteiger partial charge in [0.2, 0.25) is 0 Å². The third kappa shape index (κ3) is 8.41. The van der Waals surface area contributed by atoms with Gasteiger partial charge >= 0.3 is 99.2 Å². The normalized spacial score (nSPS) is 9.90. The molecule has 0 saturated carbocycles. The molecule has 0 N–H and O–H groups in total. The Balaban J connectivity index is 0.000000169. The van der Waals surface area contributed by atoms with Gasteiger partial charge in [-0.15, -0.1) is 51.4 Å². The van der Waals surface area contributed by atoms with Crippen molar-refractivity contribution in [2.24, 2.45) is 0 Å². The van der Waals surface area contributed by atoms with Gasteiger partial charge in [0.15, 0.2) is 0 Å². The molecule has 0 saturated heterocycles. The molecule has 0 aliphatic rings. The van der Waals surface area contributed by atoms with Crippen molar-refractivity contribution in [1.29, 1.82) is 0 Å². The number of halogens is 4. The molecule has 7 aromatic rings. The number of rotatable bonds is 3. The Labute approximate surface area is 284 Å². The van der Waals surface area contributed by atoms with E-state index in [9.17, 15) is 0 Å². The van der Waals surface area contributed by atoms with Crippen molar-refractivity contribution in [2.45, 2.75) is 0 Å². The van der Waals surface area contributed by atoms with Crippen molar-refractivity contribution in [3.05, 3.63) is 179 Å². The van der Waals surface area contributed by atoms with Gasteiger partial charge in [0, 0.05) is 5.02 Å². The molecule has 0 unspecified atom stereocenters. The summed E-state index contributed by atoms with van der Waals surface area (Å²) in [6, 6.07) is 54.0. The van der Waals surface area contributed by atoms with Crippen LogP contribution in [0, 0.1) is 0 Å². The molecule has 5 heteroatoms. The number of fused-ring (bicyclic) bond motifs is 3. The molecule has 0 aliphatic carbocycles. The van der Waals surface area contributed by atoms with Crippen LogP contribution in [0.5, 0.6) is 0 Å². The Morgan fingerprint density at radius 3 is 1.52 bits per heavy atom. The molecular formula is C37H26Cl4Zr-2. The van der Waals surface area contributed by atoms with E-state index in [2.05, 4.69) is 115 Å². The molecule has 0 nitrogen and oxygen atoms in total. The molecule has 0 spiro atoms. The number of benzene rings is 5. The van der Waals surface area contributed by atoms with E-state index in [-0.39, 0.29) is 24.8 Å². The predicted octanol–water partition coefficient (Wildman–Crippen LogP) is 4.90. The van der Waals surface area contributed by atoms with E-state index in [1.165, 1.54) is 60.1 Å². The van der Waals surface area contributed by atoms with Gasteiger partial charge in [-0.25, -0.2) is 0 Å². The zero-order valence-corrected chi connectivity index (χ0v) is 28.0. The summed E-state index contributed by atoms with van der Waals surface area (Å²) in [5.74, 6) is 0. The number of hydrogen-bond acceptors (Lipinski definition) is 0. The van der Waals surface area contributed by atoms with E-state index >= 15 is 0 Å². The van der Waals surface area contributed by atoms with Crippen LogP contribution in [-0.2, 0) is 24.2 Å². The maximum absolute atomic E-state index is 6.05. The van der Waals surface area contributed by atoms with E-state index in [0.717, 1.165) is 11.1 Å². The predicted molar refractivity (Wildman–Crippen MR) is 171 cm³/mol. The van der Waals surface area contributed by atoms with Gasteiger partial charge < -0.3 is 24.8 Å². The summed E-state index contributed by atoms with van der Waals surface area (Å²) in [6.45, 7) is 0. The Hall–Kier alpha value is -2.77. The van der Waals surface area contributed by atoms with Gasteiger partial charge in [0.05, 0.1) is 5.02 Å². The Morgan fingerprint density at radius 2 is 1.02 bits per heavy atom. The minimum absolute atomic E-state index is 0. The van der Waals surface area contributed by atoms with Gasteiger partial charge in [-0.3, -0.25) is 0 Å².